The van der Waals surface area contributed by atoms with E-state index in [2.05, 4.69) is 4.99 Å². The van der Waals surface area contributed by atoms with Crippen LogP contribution >= 0.6 is 0 Å². The Kier molecular flexibility index (Phi) is 19.1. The number of ketones is 2. The SMILES string of the molecule is CCCC(=O)CN(C)CC(=O)CCCOCCOCCOCCCS(=O)(=O)c1ccc(Oc2c(F)cc(/C=C(\C)C(=O)N=C(N)N)cc2F)cc1. The number of nitrogens with two attached hydrogens (primary N) is 2. The number of amides is 1. The van der Waals surface area contributed by atoms with Crippen LogP contribution in [0, 0.1) is 11.6 Å². The molecule has 4 N–H and O–H groups in total. The van der Waals surface area contributed by atoms with E-state index in [0.717, 1.165) is 18.6 Å². The zero-order valence-corrected chi connectivity index (χ0v) is 30.1. The number of benzene rings is 2. The summed E-state index contributed by atoms with van der Waals surface area (Å²) >= 11 is 0. The number of aliphatic imine (C=N–C) groups is 1. The predicted octanol–water partition coefficient (Wildman–Crippen LogP) is 3.82. The van der Waals surface area contributed by atoms with Crippen molar-refractivity contribution in [2.45, 2.75) is 50.8 Å². The fraction of sp³-hybridized carbons (Fsp3) is 0.486. The van der Waals surface area contributed by atoms with E-state index in [1.807, 2.05) is 6.92 Å². The zero-order valence-electron chi connectivity index (χ0n) is 29.3. The van der Waals surface area contributed by atoms with Gasteiger partial charge in [-0.3, -0.25) is 19.3 Å². The van der Waals surface area contributed by atoms with E-state index in [9.17, 15) is 31.6 Å². The van der Waals surface area contributed by atoms with Gasteiger partial charge in [0.2, 0.25) is 0 Å². The Hall–Kier alpha value is -4.09. The Morgan fingerprint density at radius 1 is 0.843 bits per heavy atom. The zero-order chi connectivity index (χ0) is 37.8. The van der Waals surface area contributed by atoms with E-state index >= 15 is 0 Å². The first-order chi connectivity index (χ1) is 24.2. The molecule has 0 aliphatic heterocycles. The molecule has 0 unspecified atom stereocenters. The Labute approximate surface area is 297 Å². The molecule has 2 rings (SSSR count). The highest BCUT2D eigenvalue weighted by Crippen LogP contribution is 2.30. The molecule has 0 aliphatic carbocycles. The first kappa shape index (κ1) is 43.1. The lowest BCUT2D eigenvalue weighted by molar-refractivity contribution is -0.122. The molecular weight excluding hydrogens is 690 g/mol. The van der Waals surface area contributed by atoms with Crippen molar-refractivity contribution in [1.29, 1.82) is 0 Å². The molecule has 0 aliphatic rings. The van der Waals surface area contributed by atoms with Crippen LogP contribution in [0.3, 0.4) is 0 Å². The number of sulfone groups is 1. The molecule has 0 fully saturated rings. The number of guanidine groups is 1. The van der Waals surface area contributed by atoms with Crippen molar-refractivity contribution >= 4 is 39.3 Å². The van der Waals surface area contributed by atoms with E-state index in [1.54, 1.807) is 11.9 Å². The number of ether oxygens (including phenoxy) is 4. The lowest BCUT2D eigenvalue weighted by Gasteiger charge is -2.14. The lowest BCUT2D eigenvalue weighted by atomic mass is 10.1. The highest BCUT2D eigenvalue weighted by molar-refractivity contribution is 7.91. The molecule has 0 aromatic heterocycles. The summed E-state index contributed by atoms with van der Waals surface area (Å²) in [7, 11) is -1.90. The maximum absolute atomic E-state index is 14.7. The monoisotopic (exact) mass is 738 g/mol. The summed E-state index contributed by atoms with van der Waals surface area (Å²) < 4.78 is 76.5. The maximum Gasteiger partial charge on any atom is 0.275 e. The van der Waals surface area contributed by atoms with Crippen LogP contribution < -0.4 is 16.2 Å². The van der Waals surface area contributed by atoms with Gasteiger partial charge in [-0.15, -0.1) is 0 Å². The van der Waals surface area contributed by atoms with Gasteiger partial charge in [0.25, 0.3) is 5.91 Å². The van der Waals surface area contributed by atoms with Crippen LogP contribution in [0.15, 0.2) is 51.9 Å². The minimum absolute atomic E-state index is 0.00850. The van der Waals surface area contributed by atoms with Crippen LogP contribution in [0.25, 0.3) is 6.08 Å². The molecule has 51 heavy (non-hydrogen) atoms. The molecule has 0 saturated heterocycles. The van der Waals surface area contributed by atoms with E-state index in [4.69, 9.17) is 30.4 Å². The summed E-state index contributed by atoms with van der Waals surface area (Å²) in [5, 5.41) is 0. The molecule has 0 spiro atoms. The molecule has 2 aromatic carbocycles. The quantitative estimate of drug-likeness (QED) is 0.0649. The second-order valence-electron chi connectivity index (χ2n) is 11.7. The first-order valence-electron chi connectivity index (χ1n) is 16.5. The van der Waals surface area contributed by atoms with Crippen molar-refractivity contribution in [3.8, 4) is 11.5 Å². The molecule has 0 saturated carbocycles. The topological polar surface area (TPSA) is 190 Å². The summed E-state index contributed by atoms with van der Waals surface area (Å²) in [4.78, 5) is 40.6. The van der Waals surface area contributed by atoms with Crippen LogP contribution in [0.2, 0.25) is 0 Å². The van der Waals surface area contributed by atoms with Gasteiger partial charge in [0.1, 0.15) is 17.3 Å². The van der Waals surface area contributed by atoms with E-state index < -0.39 is 39.1 Å². The molecule has 0 heterocycles. The molecule has 0 atom stereocenters. The molecule has 282 valence electrons. The third-order valence-electron chi connectivity index (χ3n) is 6.99. The lowest BCUT2D eigenvalue weighted by Crippen LogP contribution is -2.31. The minimum atomic E-state index is -3.66. The van der Waals surface area contributed by atoms with Crippen LogP contribution in [-0.4, -0.2) is 102 Å². The number of nitrogens with zero attached hydrogens (tertiary/aromatic N) is 2. The molecular formula is C35H48F2N4O9S. The Morgan fingerprint density at radius 2 is 1.37 bits per heavy atom. The van der Waals surface area contributed by atoms with Crippen LogP contribution in [-0.2, 0) is 38.4 Å². The summed E-state index contributed by atoms with van der Waals surface area (Å²) in [6.45, 7) is 5.76. The maximum atomic E-state index is 14.7. The Bertz CT molecular complexity index is 1590. The molecule has 13 nitrogen and oxygen atoms in total. The van der Waals surface area contributed by atoms with Gasteiger partial charge in [-0.1, -0.05) is 6.92 Å². The summed E-state index contributed by atoms with van der Waals surface area (Å²) in [5.74, 6) is -3.98. The summed E-state index contributed by atoms with van der Waals surface area (Å²) in [6, 6.07) is 7.06. The van der Waals surface area contributed by atoms with Gasteiger partial charge in [0, 0.05) is 31.6 Å². The standard InChI is InChI=1S/C35H48F2N4O9S/c1-4-7-27(42)23-41(3)24-28(43)8-5-13-47-15-17-49-18-16-48-14-6-19-51(45,46)30-11-9-29(10-12-30)50-33-31(36)21-26(22-32(33)37)20-25(2)34(44)40-35(38)39/h9-12,20-22H,4-8,13-19,23-24H2,1-3H3,(H4,38,39,40,44)/b25-20+. The Balaban J connectivity index is 1.63. The highest BCUT2D eigenvalue weighted by Gasteiger charge is 2.17. The van der Waals surface area contributed by atoms with Crippen LogP contribution in [0.4, 0.5) is 8.78 Å². The normalized spacial score (nSPS) is 11.8. The van der Waals surface area contributed by atoms with Gasteiger partial charge in [-0.05, 0) is 81.3 Å². The number of carbonyl (C=O) groups excluding carboxylic acids is 3. The van der Waals surface area contributed by atoms with E-state index in [1.165, 1.54) is 37.3 Å². The van der Waals surface area contributed by atoms with Crippen molar-refractivity contribution in [3.63, 3.8) is 0 Å². The van der Waals surface area contributed by atoms with Crippen molar-refractivity contribution in [3.05, 3.63) is 59.2 Å². The third-order valence-corrected chi connectivity index (χ3v) is 8.80. The van der Waals surface area contributed by atoms with E-state index in [-0.39, 0.29) is 71.8 Å². The molecule has 2 aromatic rings. The number of rotatable bonds is 25. The molecule has 16 heteroatoms. The number of halogens is 2. The minimum Gasteiger partial charge on any atom is -0.451 e. The van der Waals surface area contributed by atoms with Gasteiger partial charge < -0.3 is 30.4 Å². The van der Waals surface area contributed by atoms with Gasteiger partial charge in [-0.25, -0.2) is 17.2 Å². The molecule has 0 radical (unpaired) electrons. The number of likely N-dealkylation sites (N-methyl/N-ethyl adjacent to an activating group) is 1. The summed E-state index contributed by atoms with van der Waals surface area (Å²) in [5.41, 5.74) is 10.4. The number of hydrogen-bond acceptors (Lipinski definition) is 10. The van der Waals surface area contributed by atoms with Crippen molar-refractivity contribution in [2.24, 2.45) is 16.5 Å². The van der Waals surface area contributed by atoms with Crippen LogP contribution in [0.5, 0.6) is 11.5 Å². The fourth-order valence-electron chi connectivity index (χ4n) is 4.59. The second-order valence-corrected chi connectivity index (χ2v) is 13.8. The number of Topliss-reactive ketones (excluding diaryl/α,β-unsaturated/α-hetero) is 2. The van der Waals surface area contributed by atoms with Gasteiger partial charge in [0.15, 0.2) is 33.2 Å². The van der Waals surface area contributed by atoms with Gasteiger partial charge in [0.05, 0.1) is 50.2 Å². The van der Waals surface area contributed by atoms with Gasteiger partial charge >= 0.3 is 0 Å². The first-order valence-corrected chi connectivity index (χ1v) is 18.1. The van der Waals surface area contributed by atoms with Crippen molar-refractivity contribution in [2.75, 3.05) is 65.5 Å². The average molecular weight is 739 g/mol. The average Bonchev–Trinajstić information content (AvgIpc) is 3.04. The van der Waals surface area contributed by atoms with Gasteiger partial charge in [-0.2, -0.15) is 4.99 Å². The summed E-state index contributed by atoms with van der Waals surface area (Å²) in [6.07, 6.45) is 3.73. The van der Waals surface area contributed by atoms with E-state index in [0.29, 0.717) is 45.7 Å². The third kappa shape index (κ3) is 17.1. The number of hydrogen-bond donors (Lipinski definition) is 2. The molecule has 0 bridgehead atoms. The smallest absolute Gasteiger partial charge is 0.275 e. The Morgan fingerprint density at radius 3 is 1.92 bits per heavy atom. The van der Waals surface area contributed by atoms with Crippen molar-refractivity contribution < 1.29 is 50.5 Å². The number of carbonyl (C=O) groups is 3. The fourth-order valence-corrected chi connectivity index (χ4v) is 5.87. The predicted molar refractivity (Wildman–Crippen MR) is 188 cm³/mol. The van der Waals surface area contributed by atoms with Crippen LogP contribution in [0.1, 0.15) is 51.5 Å². The largest absolute Gasteiger partial charge is 0.451 e. The second kappa shape index (κ2) is 22.7. The molecule has 1 amide bonds. The van der Waals surface area contributed by atoms with Crippen molar-refractivity contribution in [1.82, 2.24) is 4.90 Å². The highest BCUT2D eigenvalue weighted by atomic mass is 32.2.